The Labute approximate surface area is 80.9 Å². The number of anilines is 1. The zero-order chi connectivity index (χ0) is 10.3. The molecule has 1 atom stereocenters. The topological polar surface area (TPSA) is 52.0 Å². The molecule has 2 nitrogen and oxygen atoms in total. The molecule has 0 amide bonds. The average molecular weight is 198 g/mol. The maximum atomic E-state index is 13.5. The van der Waals surface area contributed by atoms with Gasteiger partial charge in [0, 0.05) is 6.04 Å². The summed E-state index contributed by atoms with van der Waals surface area (Å²) in [6.45, 7) is 0. The molecule has 0 aliphatic heterocycles. The Morgan fingerprint density at radius 1 is 1.36 bits per heavy atom. The molecule has 1 aliphatic carbocycles. The van der Waals surface area contributed by atoms with Crippen LogP contribution in [-0.4, -0.2) is 6.04 Å². The first kappa shape index (κ1) is 9.40. The minimum atomic E-state index is -0.685. The lowest BCUT2D eigenvalue weighted by Crippen LogP contribution is -2.28. The number of benzene rings is 1. The summed E-state index contributed by atoms with van der Waals surface area (Å²) in [7, 11) is 0. The molecule has 0 saturated heterocycles. The molecule has 1 unspecified atom stereocenters. The summed E-state index contributed by atoms with van der Waals surface area (Å²) in [6, 6.07) is 1.30. The molecule has 0 fully saturated rings. The van der Waals surface area contributed by atoms with Gasteiger partial charge in [-0.2, -0.15) is 0 Å². The molecule has 0 spiro atoms. The van der Waals surface area contributed by atoms with Gasteiger partial charge < -0.3 is 11.5 Å². The molecule has 0 aromatic heterocycles. The highest BCUT2D eigenvalue weighted by molar-refractivity contribution is 5.49. The molecular formula is C10H12F2N2. The zero-order valence-corrected chi connectivity index (χ0v) is 7.69. The standard InChI is InChI=1S/C10H12F2N2/c11-8-4-5-3-6(13)1-2-7(5)9(12)10(8)14/h4,6H,1-3,13-14H2. The van der Waals surface area contributed by atoms with Gasteiger partial charge in [-0.05, 0) is 36.5 Å². The van der Waals surface area contributed by atoms with Crippen molar-refractivity contribution in [1.82, 2.24) is 0 Å². The number of nitrogens with two attached hydrogens (primary N) is 2. The van der Waals surface area contributed by atoms with Crippen molar-refractivity contribution in [1.29, 1.82) is 0 Å². The molecule has 1 aliphatic rings. The molecule has 0 radical (unpaired) electrons. The molecule has 0 heterocycles. The van der Waals surface area contributed by atoms with Crippen molar-refractivity contribution in [2.45, 2.75) is 25.3 Å². The second kappa shape index (κ2) is 3.20. The van der Waals surface area contributed by atoms with E-state index in [2.05, 4.69) is 0 Å². The van der Waals surface area contributed by atoms with E-state index < -0.39 is 11.6 Å². The molecule has 1 aromatic carbocycles. The van der Waals surface area contributed by atoms with E-state index in [1.807, 2.05) is 0 Å². The number of hydrogen-bond donors (Lipinski definition) is 2. The number of fused-ring (bicyclic) bond motifs is 1. The maximum Gasteiger partial charge on any atom is 0.152 e. The fourth-order valence-electron chi connectivity index (χ4n) is 1.89. The second-order valence-corrected chi connectivity index (χ2v) is 3.73. The Morgan fingerprint density at radius 2 is 2.07 bits per heavy atom. The lowest BCUT2D eigenvalue weighted by Gasteiger charge is -2.22. The molecule has 2 rings (SSSR count). The Morgan fingerprint density at radius 3 is 2.79 bits per heavy atom. The van der Waals surface area contributed by atoms with Gasteiger partial charge in [0.1, 0.15) is 11.5 Å². The van der Waals surface area contributed by atoms with Crippen LogP contribution in [0.5, 0.6) is 0 Å². The Kier molecular flexibility index (Phi) is 2.15. The molecule has 14 heavy (non-hydrogen) atoms. The summed E-state index contributed by atoms with van der Waals surface area (Å²) in [5.41, 5.74) is 11.8. The maximum absolute atomic E-state index is 13.5. The SMILES string of the molecule is Nc1c(F)cc2c(c1F)CCC(N)C2. The van der Waals surface area contributed by atoms with Crippen molar-refractivity contribution in [3.63, 3.8) is 0 Å². The lowest BCUT2D eigenvalue weighted by atomic mass is 9.88. The highest BCUT2D eigenvalue weighted by atomic mass is 19.1. The summed E-state index contributed by atoms with van der Waals surface area (Å²) >= 11 is 0. The first-order valence-electron chi connectivity index (χ1n) is 4.60. The highest BCUT2D eigenvalue weighted by Crippen LogP contribution is 2.28. The lowest BCUT2D eigenvalue weighted by molar-refractivity contribution is 0.525. The van der Waals surface area contributed by atoms with E-state index in [0.717, 1.165) is 6.42 Å². The van der Waals surface area contributed by atoms with E-state index in [1.54, 1.807) is 0 Å². The summed E-state index contributed by atoms with van der Waals surface area (Å²) in [4.78, 5) is 0. The first-order valence-corrected chi connectivity index (χ1v) is 4.60. The predicted molar refractivity (Wildman–Crippen MR) is 50.8 cm³/mol. The van der Waals surface area contributed by atoms with Gasteiger partial charge in [-0.25, -0.2) is 8.78 Å². The van der Waals surface area contributed by atoms with Crippen LogP contribution in [0.1, 0.15) is 17.5 Å². The molecule has 4 heteroatoms. The third kappa shape index (κ3) is 1.35. The van der Waals surface area contributed by atoms with Gasteiger partial charge in [0.25, 0.3) is 0 Å². The molecular weight excluding hydrogens is 186 g/mol. The van der Waals surface area contributed by atoms with Gasteiger partial charge in [-0.15, -0.1) is 0 Å². The van der Waals surface area contributed by atoms with E-state index in [-0.39, 0.29) is 11.7 Å². The van der Waals surface area contributed by atoms with Crippen LogP contribution in [-0.2, 0) is 12.8 Å². The van der Waals surface area contributed by atoms with E-state index in [1.165, 1.54) is 6.07 Å². The molecule has 0 bridgehead atoms. The predicted octanol–water partition coefficient (Wildman–Crippen LogP) is 1.36. The van der Waals surface area contributed by atoms with Gasteiger partial charge in [-0.1, -0.05) is 0 Å². The van der Waals surface area contributed by atoms with Crippen LogP contribution in [0.4, 0.5) is 14.5 Å². The molecule has 0 saturated carbocycles. The smallest absolute Gasteiger partial charge is 0.152 e. The van der Waals surface area contributed by atoms with Crippen molar-refractivity contribution in [3.8, 4) is 0 Å². The number of hydrogen-bond acceptors (Lipinski definition) is 2. The second-order valence-electron chi connectivity index (χ2n) is 3.73. The van der Waals surface area contributed by atoms with Crippen molar-refractivity contribution < 1.29 is 8.78 Å². The van der Waals surface area contributed by atoms with Crippen LogP contribution >= 0.6 is 0 Å². The highest BCUT2D eigenvalue weighted by Gasteiger charge is 2.22. The fraction of sp³-hybridized carbons (Fsp3) is 0.400. The third-order valence-corrected chi connectivity index (χ3v) is 2.69. The van der Waals surface area contributed by atoms with Crippen molar-refractivity contribution >= 4 is 5.69 Å². The number of halogens is 2. The van der Waals surface area contributed by atoms with E-state index in [4.69, 9.17) is 11.5 Å². The minimum absolute atomic E-state index is 0.00456. The largest absolute Gasteiger partial charge is 0.394 e. The van der Waals surface area contributed by atoms with Crippen LogP contribution in [0.15, 0.2) is 6.07 Å². The van der Waals surface area contributed by atoms with Gasteiger partial charge in [0.05, 0.1) is 0 Å². The number of rotatable bonds is 0. The summed E-state index contributed by atoms with van der Waals surface area (Å²) < 4.78 is 26.6. The van der Waals surface area contributed by atoms with Crippen LogP contribution in [0, 0.1) is 11.6 Å². The van der Waals surface area contributed by atoms with E-state index in [9.17, 15) is 8.78 Å². The Bertz CT molecular complexity index is 377. The molecule has 1 aromatic rings. The minimum Gasteiger partial charge on any atom is -0.394 e. The monoisotopic (exact) mass is 198 g/mol. The fourth-order valence-corrected chi connectivity index (χ4v) is 1.89. The summed E-state index contributed by atoms with van der Waals surface area (Å²) in [5.74, 6) is -1.29. The van der Waals surface area contributed by atoms with Crippen molar-refractivity contribution in [2.75, 3.05) is 5.73 Å². The van der Waals surface area contributed by atoms with Gasteiger partial charge in [0.15, 0.2) is 5.82 Å². The van der Waals surface area contributed by atoms with Crippen LogP contribution in [0.3, 0.4) is 0 Å². The number of nitrogen functional groups attached to an aromatic ring is 1. The Hall–Kier alpha value is -1.16. The summed E-state index contributed by atoms with van der Waals surface area (Å²) in [5, 5.41) is 0. The quantitative estimate of drug-likeness (QED) is 0.618. The van der Waals surface area contributed by atoms with E-state index >= 15 is 0 Å². The van der Waals surface area contributed by atoms with Crippen LogP contribution in [0.2, 0.25) is 0 Å². The third-order valence-electron chi connectivity index (χ3n) is 2.69. The normalized spacial score (nSPS) is 20.6. The van der Waals surface area contributed by atoms with Gasteiger partial charge in [-0.3, -0.25) is 0 Å². The van der Waals surface area contributed by atoms with Gasteiger partial charge >= 0.3 is 0 Å². The van der Waals surface area contributed by atoms with Crippen LogP contribution < -0.4 is 11.5 Å². The molecule has 76 valence electrons. The Balaban J connectivity index is 2.54. The van der Waals surface area contributed by atoms with Crippen molar-refractivity contribution in [3.05, 3.63) is 28.8 Å². The zero-order valence-electron chi connectivity index (χ0n) is 7.69. The van der Waals surface area contributed by atoms with Crippen molar-refractivity contribution in [2.24, 2.45) is 5.73 Å². The average Bonchev–Trinajstić information content (AvgIpc) is 2.14. The van der Waals surface area contributed by atoms with Crippen LogP contribution in [0.25, 0.3) is 0 Å². The molecule has 4 N–H and O–H groups in total. The van der Waals surface area contributed by atoms with Gasteiger partial charge in [0.2, 0.25) is 0 Å². The summed E-state index contributed by atoms with van der Waals surface area (Å²) in [6.07, 6.45) is 1.81. The first-order chi connectivity index (χ1) is 6.59. The van der Waals surface area contributed by atoms with E-state index in [0.29, 0.717) is 24.0 Å².